The first-order valence-corrected chi connectivity index (χ1v) is 6.22. The van der Waals surface area contributed by atoms with Gasteiger partial charge in [0.25, 0.3) is 0 Å². The van der Waals surface area contributed by atoms with Gasteiger partial charge in [0, 0.05) is 6.61 Å². The lowest BCUT2D eigenvalue weighted by atomic mass is 10.3. The highest BCUT2D eigenvalue weighted by molar-refractivity contribution is 5.66. The molecule has 0 spiro atoms. The maximum atomic E-state index is 10.2. The third-order valence-electron chi connectivity index (χ3n) is 2.10. The molecule has 0 bridgehead atoms. The third kappa shape index (κ3) is 15.4. The molecule has 0 rings (SSSR count). The van der Waals surface area contributed by atoms with Crippen LogP contribution in [-0.2, 0) is 19.0 Å². The molecular weight excluding hydrogens is 224 g/mol. The van der Waals surface area contributed by atoms with Gasteiger partial charge in [-0.3, -0.25) is 4.79 Å². The molecule has 0 aromatic rings. The van der Waals surface area contributed by atoms with Gasteiger partial charge in [-0.15, -0.1) is 0 Å². The van der Waals surface area contributed by atoms with Crippen LogP contribution < -0.4 is 0 Å². The molecule has 0 saturated heterocycles. The highest BCUT2D eigenvalue weighted by Crippen LogP contribution is 1.93. The Balaban J connectivity index is 2.91. The molecule has 102 valence electrons. The van der Waals surface area contributed by atoms with E-state index in [-0.39, 0.29) is 13.0 Å². The molecule has 0 aliphatic rings. The topological polar surface area (TPSA) is 65.0 Å². The fourth-order valence-corrected chi connectivity index (χ4v) is 1.16. The van der Waals surface area contributed by atoms with E-state index in [1.54, 1.807) is 0 Å². The number of ether oxygens (including phenoxy) is 3. The van der Waals surface area contributed by atoms with E-state index in [2.05, 4.69) is 6.92 Å². The monoisotopic (exact) mass is 248 g/mol. The first-order valence-electron chi connectivity index (χ1n) is 6.22. The molecule has 0 unspecified atom stereocenters. The van der Waals surface area contributed by atoms with Crippen LogP contribution in [0.2, 0.25) is 0 Å². The summed E-state index contributed by atoms with van der Waals surface area (Å²) in [5.41, 5.74) is 0. The van der Waals surface area contributed by atoms with Crippen molar-refractivity contribution in [3.8, 4) is 0 Å². The van der Waals surface area contributed by atoms with Crippen molar-refractivity contribution in [3.63, 3.8) is 0 Å². The van der Waals surface area contributed by atoms with E-state index in [9.17, 15) is 4.79 Å². The lowest BCUT2D eigenvalue weighted by Crippen LogP contribution is -2.11. The summed E-state index contributed by atoms with van der Waals surface area (Å²) in [6.45, 7) is 5.29. The van der Waals surface area contributed by atoms with Gasteiger partial charge >= 0.3 is 5.97 Å². The largest absolute Gasteiger partial charge is 0.481 e. The van der Waals surface area contributed by atoms with Crippen molar-refractivity contribution >= 4 is 5.97 Å². The van der Waals surface area contributed by atoms with Crippen LogP contribution in [0.5, 0.6) is 0 Å². The minimum atomic E-state index is -0.841. The number of aliphatic carboxylic acids is 1. The van der Waals surface area contributed by atoms with Crippen LogP contribution in [0.25, 0.3) is 0 Å². The van der Waals surface area contributed by atoms with E-state index in [0.717, 1.165) is 13.0 Å². The van der Waals surface area contributed by atoms with Crippen molar-refractivity contribution < 1.29 is 24.1 Å². The number of carboxylic acid groups (broad SMARTS) is 1. The van der Waals surface area contributed by atoms with Crippen molar-refractivity contribution in [1.29, 1.82) is 0 Å². The average Bonchev–Trinajstić information content (AvgIpc) is 2.30. The molecule has 0 aliphatic carbocycles. The number of carboxylic acids is 1. The molecule has 0 atom stereocenters. The standard InChI is InChI=1S/C12H24O5/c1-2-3-4-6-15-8-10-17-11-9-16-7-5-12(13)14/h2-11H2,1H3,(H,13,14). The molecule has 17 heavy (non-hydrogen) atoms. The van der Waals surface area contributed by atoms with E-state index in [4.69, 9.17) is 19.3 Å². The van der Waals surface area contributed by atoms with E-state index in [0.29, 0.717) is 26.4 Å². The van der Waals surface area contributed by atoms with Gasteiger partial charge in [0.1, 0.15) is 0 Å². The highest BCUT2D eigenvalue weighted by atomic mass is 16.5. The molecule has 0 aliphatic heterocycles. The van der Waals surface area contributed by atoms with Crippen molar-refractivity contribution in [2.75, 3.05) is 39.6 Å². The number of rotatable bonds is 13. The van der Waals surface area contributed by atoms with Crippen LogP contribution in [0.3, 0.4) is 0 Å². The molecule has 0 amide bonds. The second kappa shape index (κ2) is 13.4. The summed E-state index contributed by atoms with van der Waals surface area (Å²) in [5.74, 6) is -0.841. The summed E-state index contributed by atoms with van der Waals surface area (Å²) >= 11 is 0. The third-order valence-corrected chi connectivity index (χ3v) is 2.10. The lowest BCUT2D eigenvalue weighted by Gasteiger charge is -2.06. The predicted molar refractivity (Wildman–Crippen MR) is 64.2 cm³/mol. The summed E-state index contributed by atoms with van der Waals surface area (Å²) < 4.78 is 15.7. The Morgan fingerprint density at radius 1 is 0.882 bits per heavy atom. The minimum absolute atomic E-state index is 0.0422. The van der Waals surface area contributed by atoms with Gasteiger partial charge in [-0.1, -0.05) is 19.8 Å². The quantitative estimate of drug-likeness (QED) is 0.503. The van der Waals surface area contributed by atoms with Crippen LogP contribution in [0.4, 0.5) is 0 Å². The summed E-state index contributed by atoms with van der Waals surface area (Å²) in [4.78, 5) is 10.2. The molecule has 5 heteroatoms. The van der Waals surface area contributed by atoms with Crippen molar-refractivity contribution in [2.45, 2.75) is 32.6 Å². The van der Waals surface area contributed by atoms with E-state index >= 15 is 0 Å². The molecule has 1 N–H and O–H groups in total. The van der Waals surface area contributed by atoms with Crippen LogP contribution in [0.1, 0.15) is 32.6 Å². The Bertz CT molecular complexity index is 172. The van der Waals surface area contributed by atoms with Gasteiger partial charge in [-0.2, -0.15) is 0 Å². The summed E-state index contributed by atoms with van der Waals surface area (Å²) in [6, 6.07) is 0. The van der Waals surface area contributed by atoms with Gasteiger partial charge in [-0.25, -0.2) is 0 Å². The van der Waals surface area contributed by atoms with E-state index in [1.807, 2.05) is 0 Å². The Hall–Kier alpha value is -0.650. The molecule has 0 saturated carbocycles. The lowest BCUT2D eigenvalue weighted by molar-refractivity contribution is -0.138. The first kappa shape index (κ1) is 16.4. The van der Waals surface area contributed by atoms with Crippen LogP contribution >= 0.6 is 0 Å². The summed E-state index contributed by atoms with van der Waals surface area (Å²) in [7, 11) is 0. The average molecular weight is 248 g/mol. The molecule has 0 radical (unpaired) electrons. The maximum absolute atomic E-state index is 10.2. The van der Waals surface area contributed by atoms with Crippen molar-refractivity contribution in [2.24, 2.45) is 0 Å². The number of carbonyl (C=O) groups is 1. The normalized spacial score (nSPS) is 10.6. The van der Waals surface area contributed by atoms with Crippen molar-refractivity contribution in [3.05, 3.63) is 0 Å². The summed E-state index contributed by atoms with van der Waals surface area (Å²) in [6.07, 6.45) is 3.56. The van der Waals surface area contributed by atoms with Gasteiger partial charge in [0.05, 0.1) is 39.5 Å². The minimum Gasteiger partial charge on any atom is -0.481 e. The maximum Gasteiger partial charge on any atom is 0.305 e. The van der Waals surface area contributed by atoms with Gasteiger partial charge in [0.15, 0.2) is 0 Å². The molecule has 5 nitrogen and oxygen atoms in total. The molecule has 0 heterocycles. The summed E-state index contributed by atoms with van der Waals surface area (Å²) in [5, 5.41) is 8.35. The zero-order valence-corrected chi connectivity index (χ0v) is 10.7. The zero-order chi connectivity index (χ0) is 12.8. The van der Waals surface area contributed by atoms with Gasteiger partial charge in [-0.05, 0) is 6.42 Å². The fraction of sp³-hybridized carbons (Fsp3) is 0.917. The smallest absolute Gasteiger partial charge is 0.305 e. The van der Waals surface area contributed by atoms with Crippen LogP contribution in [0, 0.1) is 0 Å². The van der Waals surface area contributed by atoms with Crippen LogP contribution in [-0.4, -0.2) is 50.7 Å². The molecular formula is C12H24O5. The van der Waals surface area contributed by atoms with E-state index < -0.39 is 5.97 Å². The number of hydrogen-bond donors (Lipinski definition) is 1. The van der Waals surface area contributed by atoms with E-state index in [1.165, 1.54) is 12.8 Å². The predicted octanol–water partition coefficient (Wildman–Crippen LogP) is 1.70. The first-order chi connectivity index (χ1) is 8.27. The fourth-order valence-electron chi connectivity index (χ4n) is 1.16. The van der Waals surface area contributed by atoms with Crippen LogP contribution in [0.15, 0.2) is 0 Å². The second-order valence-electron chi connectivity index (χ2n) is 3.69. The van der Waals surface area contributed by atoms with Gasteiger partial charge in [0.2, 0.25) is 0 Å². The molecule has 0 aromatic heterocycles. The SMILES string of the molecule is CCCCCOCCOCCOCCC(=O)O. The number of unbranched alkanes of at least 4 members (excludes halogenated alkanes) is 2. The molecule has 0 aromatic carbocycles. The Kier molecular flexibility index (Phi) is 12.9. The Morgan fingerprint density at radius 2 is 1.41 bits per heavy atom. The zero-order valence-electron chi connectivity index (χ0n) is 10.7. The van der Waals surface area contributed by atoms with Crippen molar-refractivity contribution in [1.82, 2.24) is 0 Å². The van der Waals surface area contributed by atoms with Gasteiger partial charge < -0.3 is 19.3 Å². The Morgan fingerprint density at radius 3 is 1.94 bits per heavy atom. The number of hydrogen-bond acceptors (Lipinski definition) is 4. The second-order valence-corrected chi connectivity index (χ2v) is 3.69. The highest BCUT2D eigenvalue weighted by Gasteiger charge is 1.96. The molecule has 0 fully saturated rings. The Labute approximate surface area is 103 Å².